The highest BCUT2D eigenvalue weighted by atomic mass is 32.1. The molecule has 0 amide bonds. The molecule has 1 fully saturated rings. The average Bonchev–Trinajstić information content (AvgIpc) is 3.26. The largest absolute Gasteiger partial charge is 0.493 e. The molecule has 0 saturated carbocycles. The number of rotatable bonds is 6. The minimum absolute atomic E-state index is 0.841. The van der Waals surface area contributed by atoms with Crippen LogP contribution in [0.1, 0.15) is 35.2 Å². The summed E-state index contributed by atoms with van der Waals surface area (Å²) in [5.74, 6) is 1.08. The first kappa shape index (κ1) is 17.0. The third-order valence-corrected chi connectivity index (χ3v) is 6.03. The van der Waals surface area contributed by atoms with Crippen LogP contribution in [-0.2, 0) is 25.9 Å². The Balaban J connectivity index is 1.26. The second-order valence-electron chi connectivity index (χ2n) is 7.08. The number of hydrogen-bond donors (Lipinski definition) is 0. The van der Waals surface area contributed by atoms with Gasteiger partial charge in [0.25, 0.3) is 0 Å². The number of benzene rings is 1. The maximum Gasteiger partial charge on any atom is 0.122 e. The molecule has 0 radical (unpaired) electrons. The fourth-order valence-corrected chi connectivity index (χ4v) is 4.57. The van der Waals surface area contributed by atoms with Gasteiger partial charge in [0, 0.05) is 51.1 Å². The fraction of sp³-hybridized carbons (Fsp3) is 0.550. The van der Waals surface area contributed by atoms with Crippen molar-refractivity contribution in [1.82, 2.24) is 14.8 Å². The van der Waals surface area contributed by atoms with Crippen molar-refractivity contribution in [1.29, 1.82) is 0 Å². The first-order valence-electron chi connectivity index (χ1n) is 9.43. The van der Waals surface area contributed by atoms with Crippen LogP contribution >= 0.6 is 11.3 Å². The number of aryl methyl sites for hydroxylation is 1. The molecule has 25 heavy (non-hydrogen) atoms. The van der Waals surface area contributed by atoms with Crippen LogP contribution in [0.2, 0.25) is 0 Å². The lowest BCUT2D eigenvalue weighted by atomic mass is 10.1. The van der Waals surface area contributed by atoms with Gasteiger partial charge in [-0.15, -0.1) is 11.3 Å². The molecular weight excluding hydrogens is 330 g/mol. The Morgan fingerprint density at radius 2 is 1.92 bits per heavy atom. The van der Waals surface area contributed by atoms with Crippen LogP contribution in [0.25, 0.3) is 0 Å². The van der Waals surface area contributed by atoms with Gasteiger partial charge in [-0.2, -0.15) is 0 Å². The van der Waals surface area contributed by atoms with Gasteiger partial charge in [-0.1, -0.05) is 19.1 Å². The lowest BCUT2D eigenvalue weighted by Crippen LogP contribution is -2.45. The highest BCUT2D eigenvalue weighted by molar-refractivity contribution is 7.09. The summed E-state index contributed by atoms with van der Waals surface area (Å²) in [6, 6.07) is 6.70. The third kappa shape index (κ3) is 4.22. The Hall–Kier alpha value is -1.43. The summed E-state index contributed by atoms with van der Waals surface area (Å²) in [5, 5.41) is 3.53. The van der Waals surface area contributed by atoms with E-state index >= 15 is 0 Å². The number of nitrogens with zero attached hydrogens (tertiary/aromatic N) is 3. The van der Waals surface area contributed by atoms with Crippen LogP contribution < -0.4 is 4.74 Å². The summed E-state index contributed by atoms with van der Waals surface area (Å²) < 4.78 is 5.61. The number of fused-ring (bicyclic) bond motifs is 1. The highest BCUT2D eigenvalue weighted by Crippen LogP contribution is 2.26. The highest BCUT2D eigenvalue weighted by Gasteiger charge is 2.19. The van der Waals surface area contributed by atoms with E-state index in [0.717, 1.165) is 64.5 Å². The molecule has 1 saturated heterocycles. The molecule has 0 aliphatic carbocycles. The first-order chi connectivity index (χ1) is 12.3. The van der Waals surface area contributed by atoms with Crippen LogP contribution in [0.15, 0.2) is 23.6 Å². The normalized spacial score (nSPS) is 18.3. The maximum atomic E-state index is 5.61. The zero-order valence-corrected chi connectivity index (χ0v) is 15.9. The van der Waals surface area contributed by atoms with Crippen molar-refractivity contribution < 1.29 is 4.74 Å². The van der Waals surface area contributed by atoms with Gasteiger partial charge in [0.2, 0.25) is 0 Å². The van der Waals surface area contributed by atoms with Gasteiger partial charge >= 0.3 is 0 Å². The van der Waals surface area contributed by atoms with E-state index in [1.165, 1.54) is 28.2 Å². The Morgan fingerprint density at radius 3 is 2.72 bits per heavy atom. The van der Waals surface area contributed by atoms with E-state index < -0.39 is 0 Å². The van der Waals surface area contributed by atoms with Gasteiger partial charge in [0.1, 0.15) is 5.75 Å². The number of ether oxygens (including phenoxy) is 1. The number of thiazole rings is 1. The van der Waals surface area contributed by atoms with Crippen LogP contribution in [0, 0.1) is 0 Å². The number of hydrogen-bond acceptors (Lipinski definition) is 5. The van der Waals surface area contributed by atoms with Crippen molar-refractivity contribution in [3.05, 3.63) is 45.4 Å². The molecule has 1 aromatic carbocycles. The molecule has 0 spiro atoms. The molecule has 0 unspecified atom stereocenters. The van der Waals surface area contributed by atoms with Gasteiger partial charge in [0.05, 0.1) is 17.3 Å². The van der Waals surface area contributed by atoms with Gasteiger partial charge in [-0.25, -0.2) is 4.98 Å². The molecule has 3 heterocycles. The Bertz CT molecular complexity index is 707. The predicted octanol–water partition coefficient (Wildman–Crippen LogP) is 3.35. The molecule has 2 aromatic rings. The molecule has 0 atom stereocenters. The number of piperazine rings is 1. The van der Waals surface area contributed by atoms with E-state index in [9.17, 15) is 0 Å². The molecule has 0 N–H and O–H groups in total. The van der Waals surface area contributed by atoms with E-state index in [1.807, 2.05) is 11.3 Å². The number of aromatic nitrogens is 1. The van der Waals surface area contributed by atoms with Crippen molar-refractivity contribution in [3.8, 4) is 5.75 Å². The lowest BCUT2D eigenvalue weighted by Gasteiger charge is -2.34. The van der Waals surface area contributed by atoms with E-state index in [-0.39, 0.29) is 0 Å². The van der Waals surface area contributed by atoms with E-state index in [2.05, 4.69) is 40.3 Å². The second kappa shape index (κ2) is 7.85. The summed E-state index contributed by atoms with van der Waals surface area (Å²) in [7, 11) is 0. The monoisotopic (exact) mass is 357 g/mol. The molecular formula is C20H27N3OS. The topological polar surface area (TPSA) is 28.6 Å². The minimum Gasteiger partial charge on any atom is -0.493 e. The SMILES string of the molecule is CCCc1nc(CN2CCN(Cc3ccc4c(c3)CCO4)CC2)cs1. The van der Waals surface area contributed by atoms with Gasteiger partial charge in [-0.3, -0.25) is 9.80 Å². The van der Waals surface area contributed by atoms with E-state index in [1.54, 1.807) is 0 Å². The molecule has 5 heteroatoms. The fourth-order valence-electron chi connectivity index (χ4n) is 3.68. The van der Waals surface area contributed by atoms with Crippen molar-refractivity contribution in [3.63, 3.8) is 0 Å². The first-order valence-corrected chi connectivity index (χ1v) is 10.3. The molecule has 2 aliphatic heterocycles. The van der Waals surface area contributed by atoms with Crippen LogP contribution in [0.5, 0.6) is 5.75 Å². The quantitative estimate of drug-likeness (QED) is 0.793. The maximum absolute atomic E-state index is 5.61. The Labute approximate surface area is 154 Å². The summed E-state index contributed by atoms with van der Waals surface area (Å²) in [4.78, 5) is 9.87. The van der Waals surface area contributed by atoms with Crippen LogP contribution in [-0.4, -0.2) is 47.6 Å². The average molecular weight is 358 g/mol. The zero-order chi connectivity index (χ0) is 17.1. The molecule has 2 aliphatic rings. The minimum atomic E-state index is 0.841. The Kier molecular flexibility index (Phi) is 5.34. The van der Waals surface area contributed by atoms with Crippen molar-refractivity contribution in [2.75, 3.05) is 32.8 Å². The van der Waals surface area contributed by atoms with E-state index in [4.69, 9.17) is 9.72 Å². The van der Waals surface area contributed by atoms with Crippen LogP contribution in [0.4, 0.5) is 0 Å². The Morgan fingerprint density at radius 1 is 1.12 bits per heavy atom. The van der Waals surface area contributed by atoms with Crippen molar-refractivity contribution in [2.24, 2.45) is 0 Å². The molecule has 4 nitrogen and oxygen atoms in total. The van der Waals surface area contributed by atoms with Crippen molar-refractivity contribution >= 4 is 11.3 Å². The van der Waals surface area contributed by atoms with Crippen molar-refractivity contribution in [2.45, 2.75) is 39.3 Å². The summed E-state index contributed by atoms with van der Waals surface area (Å²) in [5.41, 5.74) is 4.05. The molecule has 0 bridgehead atoms. The standard InChI is InChI=1S/C20H27N3OS/c1-2-3-20-21-18(15-25-20)14-23-9-7-22(8-10-23)13-16-4-5-19-17(12-16)6-11-24-19/h4-5,12,15H,2-3,6-11,13-14H2,1H3. The lowest BCUT2D eigenvalue weighted by molar-refractivity contribution is 0.121. The summed E-state index contributed by atoms with van der Waals surface area (Å²) >= 11 is 1.82. The molecule has 4 rings (SSSR count). The van der Waals surface area contributed by atoms with Gasteiger partial charge in [0.15, 0.2) is 0 Å². The second-order valence-corrected chi connectivity index (χ2v) is 8.02. The smallest absolute Gasteiger partial charge is 0.122 e. The predicted molar refractivity (Wildman–Crippen MR) is 102 cm³/mol. The summed E-state index contributed by atoms with van der Waals surface area (Å²) in [6.07, 6.45) is 3.36. The van der Waals surface area contributed by atoms with E-state index in [0.29, 0.717) is 0 Å². The van der Waals surface area contributed by atoms with Gasteiger partial charge < -0.3 is 4.74 Å². The molecule has 134 valence electrons. The molecule has 1 aromatic heterocycles. The van der Waals surface area contributed by atoms with Gasteiger partial charge in [-0.05, 0) is 30.0 Å². The van der Waals surface area contributed by atoms with Crippen LogP contribution in [0.3, 0.4) is 0 Å². The zero-order valence-electron chi connectivity index (χ0n) is 15.0. The summed E-state index contributed by atoms with van der Waals surface area (Å²) in [6.45, 7) is 9.66. The third-order valence-electron chi connectivity index (χ3n) is 5.07.